The van der Waals surface area contributed by atoms with Crippen LogP contribution in [-0.2, 0) is 0 Å². The smallest absolute Gasteiger partial charge is 0.398 e. The fourth-order valence-corrected chi connectivity index (χ4v) is 3.23. The van der Waals surface area contributed by atoms with Gasteiger partial charge in [-0.05, 0) is 30.3 Å². The van der Waals surface area contributed by atoms with Gasteiger partial charge >= 0.3 is 5.88 Å². The van der Waals surface area contributed by atoms with Crippen LogP contribution in [0.25, 0.3) is 31.9 Å². The fraction of sp³-hybridized carbons (Fsp3) is 0. The summed E-state index contributed by atoms with van der Waals surface area (Å²) in [4.78, 5) is 18.9. The number of benzene rings is 1. The summed E-state index contributed by atoms with van der Waals surface area (Å²) < 4.78 is 6.20. The van der Waals surface area contributed by atoms with Crippen molar-refractivity contribution < 1.29 is 9.34 Å². The van der Waals surface area contributed by atoms with Gasteiger partial charge in [0.25, 0.3) is 0 Å². The second-order valence-corrected chi connectivity index (χ2v) is 5.40. The molecular weight excluding hydrogens is 290 g/mol. The Morgan fingerprint density at radius 1 is 1.14 bits per heavy atom. The van der Waals surface area contributed by atoms with Gasteiger partial charge in [-0.3, -0.25) is 15.1 Å². The quantitative estimate of drug-likeness (QED) is 0.412. The first-order valence-electron chi connectivity index (χ1n) is 6.11. The summed E-state index contributed by atoms with van der Waals surface area (Å²) >= 11 is 1.44. The maximum absolute atomic E-state index is 10.7. The van der Waals surface area contributed by atoms with E-state index in [1.807, 2.05) is 24.3 Å². The fourth-order valence-electron chi connectivity index (χ4n) is 2.18. The Bertz CT molecular complexity index is 989. The molecule has 21 heavy (non-hydrogen) atoms. The number of rotatable bonds is 2. The molecular formula is C14H7N3O3S. The Kier molecular flexibility index (Phi) is 2.48. The van der Waals surface area contributed by atoms with Gasteiger partial charge in [-0.2, -0.15) is 0 Å². The van der Waals surface area contributed by atoms with Gasteiger partial charge in [-0.15, -0.1) is 11.3 Å². The number of nitro groups is 1. The number of nitrogens with zero attached hydrogens (tertiary/aromatic N) is 3. The highest BCUT2D eigenvalue weighted by Crippen LogP contribution is 2.35. The van der Waals surface area contributed by atoms with Crippen LogP contribution >= 0.6 is 11.3 Å². The molecule has 6 nitrogen and oxygen atoms in total. The van der Waals surface area contributed by atoms with Crippen molar-refractivity contribution in [2.75, 3.05) is 0 Å². The zero-order valence-electron chi connectivity index (χ0n) is 10.5. The van der Waals surface area contributed by atoms with Crippen LogP contribution in [0.1, 0.15) is 0 Å². The van der Waals surface area contributed by atoms with E-state index in [-0.39, 0.29) is 5.88 Å². The molecule has 0 aliphatic carbocycles. The van der Waals surface area contributed by atoms with Crippen LogP contribution in [0.15, 0.2) is 47.0 Å². The predicted molar refractivity (Wildman–Crippen MR) is 79.3 cm³/mol. The van der Waals surface area contributed by atoms with E-state index in [9.17, 15) is 10.1 Å². The van der Waals surface area contributed by atoms with Gasteiger partial charge in [0.1, 0.15) is 4.92 Å². The number of aromatic nitrogens is 2. The molecule has 1 aromatic carbocycles. The first-order chi connectivity index (χ1) is 10.2. The van der Waals surface area contributed by atoms with Gasteiger partial charge < -0.3 is 4.42 Å². The number of furan rings is 1. The lowest BCUT2D eigenvalue weighted by Crippen LogP contribution is -1.82. The van der Waals surface area contributed by atoms with Crippen molar-refractivity contribution in [2.24, 2.45) is 0 Å². The van der Waals surface area contributed by atoms with Gasteiger partial charge in [-0.1, -0.05) is 0 Å². The standard InChI is InChI=1S/C14H7N3O3S/c18-17(19)12-6-5-11(20-12)14-16-10-4-3-9-8(13(10)21-14)2-1-7-15-9/h1-7H. The monoisotopic (exact) mass is 297 g/mol. The third-order valence-corrected chi connectivity index (χ3v) is 4.24. The van der Waals surface area contributed by atoms with E-state index in [2.05, 4.69) is 9.97 Å². The lowest BCUT2D eigenvalue weighted by atomic mass is 10.2. The van der Waals surface area contributed by atoms with Gasteiger partial charge in [0, 0.05) is 11.6 Å². The third-order valence-electron chi connectivity index (χ3n) is 3.12. The molecule has 0 radical (unpaired) electrons. The molecule has 3 aromatic heterocycles. The van der Waals surface area contributed by atoms with E-state index in [1.165, 1.54) is 17.4 Å². The van der Waals surface area contributed by atoms with Crippen LogP contribution in [-0.4, -0.2) is 14.9 Å². The first kappa shape index (κ1) is 12.0. The van der Waals surface area contributed by atoms with E-state index in [0.717, 1.165) is 21.1 Å². The summed E-state index contributed by atoms with van der Waals surface area (Å²) in [7, 11) is 0. The molecule has 0 saturated heterocycles. The Morgan fingerprint density at radius 2 is 2.00 bits per heavy atom. The zero-order chi connectivity index (χ0) is 14.4. The van der Waals surface area contributed by atoms with Crippen molar-refractivity contribution in [1.82, 2.24) is 9.97 Å². The van der Waals surface area contributed by atoms with Crippen molar-refractivity contribution in [3.05, 3.63) is 52.7 Å². The van der Waals surface area contributed by atoms with Crippen LogP contribution in [0.5, 0.6) is 0 Å². The third kappa shape index (κ3) is 1.86. The molecule has 0 atom stereocenters. The van der Waals surface area contributed by atoms with Crippen LogP contribution in [0.4, 0.5) is 5.88 Å². The lowest BCUT2D eigenvalue weighted by Gasteiger charge is -1.95. The lowest BCUT2D eigenvalue weighted by molar-refractivity contribution is -0.401. The Labute approximate surface area is 121 Å². The number of hydrogen-bond acceptors (Lipinski definition) is 6. The molecule has 0 spiro atoms. The Hall–Kier alpha value is -2.80. The summed E-state index contributed by atoms with van der Waals surface area (Å²) in [6.07, 6.45) is 1.74. The van der Waals surface area contributed by atoms with Crippen molar-refractivity contribution in [2.45, 2.75) is 0 Å². The van der Waals surface area contributed by atoms with Crippen molar-refractivity contribution in [3.8, 4) is 10.8 Å². The molecule has 7 heteroatoms. The molecule has 0 aliphatic heterocycles. The topological polar surface area (TPSA) is 82.1 Å². The molecule has 4 rings (SSSR count). The number of thiazole rings is 1. The molecule has 4 aromatic rings. The first-order valence-corrected chi connectivity index (χ1v) is 6.93. The summed E-state index contributed by atoms with van der Waals surface area (Å²) in [6, 6.07) is 10.6. The summed E-state index contributed by atoms with van der Waals surface area (Å²) in [5.74, 6) is 0.121. The minimum atomic E-state index is -0.559. The minimum absolute atomic E-state index is 0.282. The van der Waals surface area contributed by atoms with E-state index in [4.69, 9.17) is 4.42 Å². The molecule has 0 saturated carbocycles. The highest BCUT2D eigenvalue weighted by molar-refractivity contribution is 7.22. The number of fused-ring (bicyclic) bond motifs is 3. The van der Waals surface area contributed by atoms with Crippen molar-refractivity contribution in [1.29, 1.82) is 0 Å². The van der Waals surface area contributed by atoms with Crippen LogP contribution in [0, 0.1) is 10.1 Å². The van der Waals surface area contributed by atoms with Gasteiger partial charge in [0.2, 0.25) is 0 Å². The van der Waals surface area contributed by atoms with Crippen LogP contribution in [0.2, 0.25) is 0 Å². The molecule has 0 amide bonds. The largest absolute Gasteiger partial charge is 0.433 e. The highest BCUT2D eigenvalue weighted by atomic mass is 32.1. The molecule has 0 aliphatic rings. The number of hydrogen-bond donors (Lipinski definition) is 0. The van der Waals surface area contributed by atoms with Crippen molar-refractivity contribution in [3.63, 3.8) is 0 Å². The molecule has 0 unspecified atom stereocenters. The van der Waals surface area contributed by atoms with Crippen LogP contribution in [0.3, 0.4) is 0 Å². The normalized spacial score (nSPS) is 11.2. The van der Waals surface area contributed by atoms with Gasteiger partial charge in [0.15, 0.2) is 10.8 Å². The average Bonchev–Trinajstić information content (AvgIpc) is 3.13. The maximum atomic E-state index is 10.7. The van der Waals surface area contributed by atoms with Crippen molar-refractivity contribution >= 4 is 38.3 Å². The van der Waals surface area contributed by atoms with E-state index >= 15 is 0 Å². The summed E-state index contributed by atoms with van der Waals surface area (Å²) in [5.41, 5.74) is 1.72. The second-order valence-electron chi connectivity index (χ2n) is 4.40. The second kappa shape index (κ2) is 4.35. The van der Waals surface area contributed by atoms with E-state index in [1.54, 1.807) is 12.3 Å². The van der Waals surface area contributed by atoms with Crippen LogP contribution < -0.4 is 0 Å². The molecule has 0 fully saturated rings. The molecule has 102 valence electrons. The SMILES string of the molecule is O=[N+]([O-])c1ccc(-c2nc3ccc4ncccc4c3s2)o1. The highest BCUT2D eigenvalue weighted by Gasteiger charge is 2.16. The van der Waals surface area contributed by atoms with Gasteiger partial charge in [-0.25, -0.2) is 4.98 Å². The maximum Gasteiger partial charge on any atom is 0.433 e. The predicted octanol–water partition coefficient (Wildman–Crippen LogP) is 4.01. The Morgan fingerprint density at radius 3 is 2.81 bits per heavy atom. The minimum Gasteiger partial charge on any atom is -0.398 e. The number of pyridine rings is 1. The average molecular weight is 297 g/mol. The molecule has 0 N–H and O–H groups in total. The zero-order valence-corrected chi connectivity index (χ0v) is 11.3. The summed E-state index contributed by atoms with van der Waals surface area (Å²) in [5, 5.41) is 12.3. The Balaban J connectivity index is 1.93. The van der Waals surface area contributed by atoms with E-state index < -0.39 is 4.92 Å². The molecule has 3 heterocycles. The molecule has 0 bridgehead atoms. The summed E-state index contributed by atoms with van der Waals surface area (Å²) in [6.45, 7) is 0. The van der Waals surface area contributed by atoms with Gasteiger partial charge in [0.05, 0.1) is 21.8 Å². The van der Waals surface area contributed by atoms with E-state index in [0.29, 0.717) is 10.8 Å².